The quantitative estimate of drug-likeness (QED) is 0.221. The van der Waals surface area contributed by atoms with Crippen LogP contribution >= 0.6 is 27.7 Å². The van der Waals surface area contributed by atoms with E-state index in [1.165, 1.54) is 23.9 Å². The molecular weight excluding hydrogens is 591 g/mol. The highest BCUT2D eigenvalue weighted by Gasteiger charge is 2.38. The second-order valence-corrected chi connectivity index (χ2v) is 11.5. The number of rotatable bonds is 10. The highest BCUT2D eigenvalue weighted by Crippen LogP contribution is 2.37. The van der Waals surface area contributed by atoms with E-state index in [1.54, 1.807) is 39.3 Å². The Morgan fingerprint density at radius 3 is 2.82 bits per heavy atom. The first kappa shape index (κ1) is 31.0. The second kappa shape index (κ2) is 13.7. The summed E-state index contributed by atoms with van der Waals surface area (Å²) in [6, 6.07) is 3.21. The van der Waals surface area contributed by atoms with Crippen molar-refractivity contribution in [1.82, 2.24) is 10.2 Å². The van der Waals surface area contributed by atoms with Gasteiger partial charge in [0, 0.05) is 36.3 Å². The van der Waals surface area contributed by atoms with Gasteiger partial charge in [-0.05, 0) is 50.3 Å². The Hall–Kier alpha value is -2.54. The Kier molecular flexibility index (Phi) is 10.9. The zero-order valence-corrected chi connectivity index (χ0v) is 24.9. The summed E-state index contributed by atoms with van der Waals surface area (Å²) in [5.41, 5.74) is 0.444. The molecule has 212 valence electrons. The first-order chi connectivity index (χ1) is 18.5. The average Bonchev–Trinajstić information content (AvgIpc) is 2.88. The number of benzene rings is 1. The summed E-state index contributed by atoms with van der Waals surface area (Å²) in [6.45, 7) is 10.7. The lowest BCUT2D eigenvalue weighted by Crippen LogP contribution is -2.51. The number of hydrogen-bond donors (Lipinski definition) is 2. The first-order valence-corrected chi connectivity index (χ1v) is 14.2. The van der Waals surface area contributed by atoms with Gasteiger partial charge in [0.1, 0.15) is 16.9 Å². The zero-order chi connectivity index (χ0) is 28.7. The molecule has 0 radical (unpaired) electrons. The van der Waals surface area contributed by atoms with Gasteiger partial charge < -0.3 is 19.9 Å². The summed E-state index contributed by atoms with van der Waals surface area (Å²) in [5, 5.41) is 15.2. The van der Waals surface area contributed by atoms with Crippen LogP contribution in [-0.4, -0.2) is 78.8 Å². The molecule has 2 atom stereocenters. The number of amidine groups is 1. The monoisotopic (exact) mass is 624 g/mol. The smallest absolute Gasteiger partial charge is 0.338 e. The lowest BCUT2D eigenvalue weighted by molar-refractivity contribution is -0.149. The second-order valence-electron chi connectivity index (χ2n) is 9.69. The Labute approximate surface area is 240 Å². The van der Waals surface area contributed by atoms with Crippen molar-refractivity contribution in [3.05, 3.63) is 57.3 Å². The maximum absolute atomic E-state index is 14.0. The number of esters is 1. The molecule has 0 aliphatic carbocycles. The van der Waals surface area contributed by atoms with E-state index in [9.17, 15) is 19.1 Å². The summed E-state index contributed by atoms with van der Waals surface area (Å²) < 4.78 is 25.6. The van der Waals surface area contributed by atoms with Crippen LogP contribution in [0.1, 0.15) is 38.8 Å². The predicted molar refractivity (Wildman–Crippen MR) is 154 cm³/mol. The third-order valence-electron chi connectivity index (χ3n) is 6.51. The topological polar surface area (TPSA) is 113 Å². The van der Waals surface area contributed by atoms with Crippen LogP contribution in [0.5, 0.6) is 0 Å². The molecule has 1 aromatic carbocycles. The van der Waals surface area contributed by atoms with Crippen molar-refractivity contribution in [3.63, 3.8) is 0 Å². The molecular formula is C27H34BrFN4O5S. The van der Waals surface area contributed by atoms with Crippen LogP contribution in [0.2, 0.25) is 0 Å². The Morgan fingerprint density at radius 1 is 1.46 bits per heavy atom. The highest BCUT2D eigenvalue weighted by atomic mass is 79.9. The third kappa shape index (κ3) is 7.56. The van der Waals surface area contributed by atoms with E-state index in [0.717, 1.165) is 0 Å². The molecule has 2 heterocycles. The Bertz CT molecular complexity index is 1200. The Balaban J connectivity index is 2.14. The Morgan fingerprint density at radius 2 is 2.21 bits per heavy atom. The summed E-state index contributed by atoms with van der Waals surface area (Å²) in [4.78, 5) is 36.6. The van der Waals surface area contributed by atoms with E-state index in [0.29, 0.717) is 52.8 Å². The molecule has 0 spiro atoms. The average molecular weight is 626 g/mol. The number of carboxylic acid groups (broad SMARTS) is 1. The number of ether oxygens (including phenoxy) is 2. The summed E-state index contributed by atoms with van der Waals surface area (Å²) in [7, 11) is 1.63. The number of aliphatic imine (C=N–C) groups is 2. The van der Waals surface area contributed by atoms with E-state index < -0.39 is 29.2 Å². The van der Waals surface area contributed by atoms with Crippen molar-refractivity contribution in [2.75, 3.05) is 40.0 Å². The molecule has 2 N–H and O–H groups in total. The van der Waals surface area contributed by atoms with Gasteiger partial charge in [-0.3, -0.25) is 19.7 Å². The molecule has 2 aliphatic heterocycles. The molecule has 3 rings (SSSR count). The van der Waals surface area contributed by atoms with Gasteiger partial charge in [0.25, 0.3) is 0 Å². The number of nitrogens with one attached hydrogen (secondary N) is 1. The van der Waals surface area contributed by atoms with Crippen LogP contribution in [0, 0.1) is 11.2 Å². The minimum Gasteiger partial charge on any atom is -0.481 e. The largest absolute Gasteiger partial charge is 0.481 e. The van der Waals surface area contributed by atoms with Crippen LogP contribution in [-0.2, 0) is 19.1 Å². The van der Waals surface area contributed by atoms with Crippen molar-refractivity contribution in [3.8, 4) is 0 Å². The minimum absolute atomic E-state index is 0.157. The molecule has 12 heteroatoms. The molecule has 1 saturated heterocycles. The zero-order valence-electron chi connectivity index (χ0n) is 22.5. The molecule has 0 amide bonds. The molecule has 1 fully saturated rings. The highest BCUT2D eigenvalue weighted by molar-refractivity contribution is 9.10. The number of carboxylic acids is 1. The number of halogens is 2. The van der Waals surface area contributed by atoms with Crippen molar-refractivity contribution in [2.45, 2.75) is 39.3 Å². The third-order valence-corrected chi connectivity index (χ3v) is 7.97. The number of aliphatic carboxylic acids is 1. The SMILES string of the molecule is C=CSC(=NC)C1=N[C@@H](c2ccc(F)cc2Br)C(C(=O)OCC)=C(CN2CCOCC2CC(C)(C)C(=O)O)N1. The van der Waals surface area contributed by atoms with Crippen LogP contribution in [0.4, 0.5) is 4.39 Å². The summed E-state index contributed by atoms with van der Waals surface area (Å²) in [5.74, 6) is -1.44. The van der Waals surface area contributed by atoms with Crippen molar-refractivity contribution < 1.29 is 28.6 Å². The van der Waals surface area contributed by atoms with Crippen LogP contribution in [0.25, 0.3) is 0 Å². The van der Waals surface area contributed by atoms with Crippen molar-refractivity contribution in [2.24, 2.45) is 15.4 Å². The fourth-order valence-electron chi connectivity index (χ4n) is 4.48. The number of carbonyl (C=O) groups is 2. The van der Waals surface area contributed by atoms with Crippen molar-refractivity contribution in [1.29, 1.82) is 0 Å². The first-order valence-electron chi connectivity index (χ1n) is 12.5. The standard InChI is InChI=1S/C27H34BrFN4O5S/c1-6-38-25(34)21-20(14-33-10-11-37-15-17(33)13-27(3,4)26(35)36)31-23(24(30-5)39-7-2)32-22(21)18-9-8-16(29)12-19(18)28/h7-9,12,17,22H,2,6,10-11,13-15H2,1,3-5H3,(H,31,32)(H,35,36)/t17?,22-/m0/s1. The molecule has 0 aromatic heterocycles. The number of morpholine rings is 1. The van der Waals surface area contributed by atoms with Crippen LogP contribution in [0.3, 0.4) is 0 Å². The summed E-state index contributed by atoms with van der Waals surface area (Å²) in [6.07, 6.45) is 0.353. The fraction of sp³-hybridized carbons (Fsp3) is 0.481. The van der Waals surface area contributed by atoms with Gasteiger partial charge in [-0.1, -0.05) is 40.3 Å². The van der Waals surface area contributed by atoms with E-state index >= 15 is 0 Å². The minimum atomic E-state index is -0.973. The van der Waals surface area contributed by atoms with Gasteiger partial charge in [-0.15, -0.1) is 0 Å². The van der Waals surface area contributed by atoms with Crippen LogP contribution < -0.4 is 5.32 Å². The molecule has 1 unspecified atom stereocenters. The summed E-state index contributed by atoms with van der Waals surface area (Å²) >= 11 is 4.72. The lowest BCUT2D eigenvalue weighted by atomic mass is 9.85. The van der Waals surface area contributed by atoms with E-state index in [-0.39, 0.29) is 24.8 Å². The van der Waals surface area contributed by atoms with Gasteiger partial charge in [0.05, 0.1) is 30.8 Å². The van der Waals surface area contributed by atoms with Crippen LogP contribution in [0.15, 0.2) is 55.9 Å². The van der Waals surface area contributed by atoms with E-state index in [4.69, 9.17) is 14.5 Å². The number of carbonyl (C=O) groups excluding carboxylic acids is 1. The fourth-order valence-corrected chi connectivity index (χ4v) is 5.53. The maximum atomic E-state index is 14.0. The normalized spacial score (nSPS) is 20.8. The molecule has 2 aliphatic rings. The van der Waals surface area contributed by atoms with E-state index in [1.807, 2.05) is 0 Å². The van der Waals surface area contributed by atoms with Crippen molar-refractivity contribution >= 4 is 50.5 Å². The van der Waals surface area contributed by atoms with Gasteiger partial charge in [0.15, 0.2) is 5.84 Å². The predicted octanol–water partition coefficient (Wildman–Crippen LogP) is 4.55. The molecule has 0 bridgehead atoms. The number of thioether (sulfide) groups is 1. The maximum Gasteiger partial charge on any atom is 0.338 e. The molecule has 9 nitrogen and oxygen atoms in total. The van der Waals surface area contributed by atoms with Gasteiger partial charge in [0.2, 0.25) is 0 Å². The molecule has 1 aromatic rings. The number of nitrogens with zero attached hydrogens (tertiary/aromatic N) is 3. The van der Waals surface area contributed by atoms with E-state index in [2.05, 4.69) is 37.7 Å². The molecule has 0 saturated carbocycles. The number of hydrogen-bond acceptors (Lipinski definition) is 9. The van der Waals surface area contributed by atoms with Gasteiger partial charge in [-0.2, -0.15) is 0 Å². The lowest BCUT2D eigenvalue weighted by Gasteiger charge is -2.40. The van der Waals surface area contributed by atoms with Gasteiger partial charge >= 0.3 is 11.9 Å². The van der Waals surface area contributed by atoms with Gasteiger partial charge in [-0.25, -0.2) is 9.18 Å². The molecule has 39 heavy (non-hydrogen) atoms.